The van der Waals surface area contributed by atoms with Crippen molar-refractivity contribution in [3.05, 3.63) is 48.0 Å². The van der Waals surface area contributed by atoms with E-state index in [-0.39, 0.29) is 24.6 Å². The molecule has 0 spiro atoms. The third kappa shape index (κ3) is 3.45. The van der Waals surface area contributed by atoms with E-state index < -0.39 is 0 Å². The van der Waals surface area contributed by atoms with Gasteiger partial charge in [-0.2, -0.15) is 0 Å². The van der Waals surface area contributed by atoms with E-state index in [1.807, 2.05) is 13.8 Å². The van der Waals surface area contributed by atoms with Gasteiger partial charge in [-0.15, -0.1) is 12.4 Å². The number of rotatable bonds is 4. The van der Waals surface area contributed by atoms with Gasteiger partial charge in [0.2, 0.25) is 0 Å². The van der Waals surface area contributed by atoms with Crippen LogP contribution < -0.4 is 5.32 Å². The molecule has 0 radical (unpaired) electrons. The zero-order valence-corrected chi connectivity index (χ0v) is 11.6. The van der Waals surface area contributed by atoms with Crippen molar-refractivity contribution in [3.8, 4) is 0 Å². The van der Waals surface area contributed by atoms with Crippen LogP contribution in [0.25, 0.3) is 10.8 Å². The molecule has 0 unspecified atom stereocenters. The van der Waals surface area contributed by atoms with E-state index in [9.17, 15) is 5.11 Å². The predicted molar refractivity (Wildman–Crippen MR) is 79.2 cm³/mol. The molecule has 0 bridgehead atoms. The summed E-state index contributed by atoms with van der Waals surface area (Å²) in [5.74, 6) is 0. The molecule has 0 aliphatic rings. The quantitative estimate of drug-likeness (QED) is 0.890. The van der Waals surface area contributed by atoms with Crippen molar-refractivity contribution in [2.45, 2.75) is 25.9 Å². The normalized spacial score (nSPS) is 11.3. The average molecular weight is 266 g/mol. The summed E-state index contributed by atoms with van der Waals surface area (Å²) in [6.07, 6.45) is 0. The van der Waals surface area contributed by atoms with Gasteiger partial charge in [0, 0.05) is 12.1 Å². The van der Waals surface area contributed by atoms with E-state index in [1.165, 1.54) is 16.3 Å². The van der Waals surface area contributed by atoms with Crippen molar-refractivity contribution in [3.63, 3.8) is 0 Å². The summed E-state index contributed by atoms with van der Waals surface area (Å²) >= 11 is 0. The number of hydrogen-bond acceptors (Lipinski definition) is 2. The molecule has 2 N–H and O–H groups in total. The molecular formula is C15H20ClNO. The van der Waals surface area contributed by atoms with Crippen LogP contribution in [0.2, 0.25) is 0 Å². The molecule has 18 heavy (non-hydrogen) atoms. The van der Waals surface area contributed by atoms with Gasteiger partial charge in [-0.1, -0.05) is 42.5 Å². The number of aliphatic hydroxyl groups is 1. The van der Waals surface area contributed by atoms with Crippen molar-refractivity contribution < 1.29 is 5.11 Å². The Bertz CT molecular complexity index is 505. The molecule has 0 aliphatic carbocycles. The van der Waals surface area contributed by atoms with Crippen molar-refractivity contribution in [1.29, 1.82) is 0 Å². The molecule has 0 fully saturated rings. The number of halogens is 1. The summed E-state index contributed by atoms with van der Waals surface area (Å²) in [6, 6.07) is 14.7. The fourth-order valence-electron chi connectivity index (χ4n) is 1.84. The maximum absolute atomic E-state index is 9.22. The summed E-state index contributed by atoms with van der Waals surface area (Å²) in [6.45, 7) is 4.91. The van der Waals surface area contributed by atoms with Crippen molar-refractivity contribution in [2.75, 3.05) is 6.61 Å². The molecule has 0 aliphatic heterocycles. The van der Waals surface area contributed by atoms with Crippen molar-refractivity contribution >= 4 is 23.2 Å². The van der Waals surface area contributed by atoms with Crippen LogP contribution in [-0.4, -0.2) is 17.3 Å². The SMILES string of the molecule is CC(C)(CO)NCc1cccc2ccccc12.Cl. The third-order valence-corrected chi connectivity index (χ3v) is 3.03. The van der Waals surface area contributed by atoms with Crippen LogP contribution >= 0.6 is 12.4 Å². The fourth-order valence-corrected chi connectivity index (χ4v) is 1.84. The highest BCUT2D eigenvalue weighted by Crippen LogP contribution is 2.18. The Morgan fingerprint density at radius 1 is 1.06 bits per heavy atom. The molecule has 3 heteroatoms. The minimum atomic E-state index is -0.239. The predicted octanol–water partition coefficient (Wildman–Crippen LogP) is 3.12. The van der Waals surface area contributed by atoms with Gasteiger partial charge in [0.25, 0.3) is 0 Å². The standard InChI is InChI=1S/C15H19NO.ClH/c1-15(2,11-17)16-10-13-8-5-7-12-6-3-4-9-14(12)13;/h3-9,16-17H,10-11H2,1-2H3;1H. The first-order valence-electron chi connectivity index (χ1n) is 5.95. The van der Waals surface area contributed by atoms with Gasteiger partial charge in [0.05, 0.1) is 6.61 Å². The molecule has 0 amide bonds. The number of fused-ring (bicyclic) bond motifs is 1. The van der Waals surface area contributed by atoms with Crippen LogP contribution in [-0.2, 0) is 6.54 Å². The Balaban J connectivity index is 0.00000162. The summed E-state index contributed by atoms with van der Waals surface area (Å²) in [5.41, 5.74) is 1.03. The molecule has 0 saturated heterocycles. The molecule has 2 rings (SSSR count). The van der Waals surface area contributed by atoms with Gasteiger partial charge in [0.15, 0.2) is 0 Å². The van der Waals surface area contributed by atoms with Crippen LogP contribution in [0, 0.1) is 0 Å². The molecule has 0 heterocycles. The largest absolute Gasteiger partial charge is 0.394 e. The van der Waals surface area contributed by atoms with Crippen molar-refractivity contribution in [2.24, 2.45) is 0 Å². The molecule has 0 aromatic heterocycles. The zero-order valence-electron chi connectivity index (χ0n) is 10.8. The lowest BCUT2D eigenvalue weighted by molar-refractivity contribution is 0.187. The lowest BCUT2D eigenvalue weighted by Gasteiger charge is -2.24. The van der Waals surface area contributed by atoms with Gasteiger partial charge in [-0.05, 0) is 30.2 Å². The second-order valence-electron chi connectivity index (χ2n) is 5.03. The lowest BCUT2D eigenvalue weighted by atomic mass is 10.0. The lowest BCUT2D eigenvalue weighted by Crippen LogP contribution is -2.42. The number of nitrogens with one attached hydrogen (secondary N) is 1. The maximum Gasteiger partial charge on any atom is 0.0607 e. The number of hydrogen-bond donors (Lipinski definition) is 2. The Morgan fingerprint density at radius 2 is 1.72 bits per heavy atom. The van der Waals surface area contributed by atoms with Crippen molar-refractivity contribution in [1.82, 2.24) is 5.32 Å². The van der Waals surface area contributed by atoms with E-state index in [0.29, 0.717) is 0 Å². The summed E-state index contributed by atoms with van der Waals surface area (Å²) in [7, 11) is 0. The highest BCUT2D eigenvalue weighted by atomic mass is 35.5. The highest BCUT2D eigenvalue weighted by Gasteiger charge is 2.15. The van der Waals surface area contributed by atoms with Crippen LogP contribution in [0.3, 0.4) is 0 Å². The van der Waals surface area contributed by atoms with Crippen LogP contribution in [0.5, 0.6) is 0 Å². The second kappa shape index (κ2) is 6.19. The second-order valence-corrected chi connectivity index (χ2v) is 5.03. The molecule has 2 nitrogen and oxygen atoms in total. The average Bonchev–Trinajstić information content (AvgIpc) is 2.36. The van der Waals surface area contributed by atoms with Crippen LogP contribution in [0.1, 0.15) is 19.4 Å². The summed E-state index contributed by atoms with van der Waals surface area (Å²) in [4.78, 5) is 0. The molecule has 2 aromatic rings. The van der Waals surface area contributed by atoms with Gasteiger partial charge < -0.3 is 10.4 Å². The number of benzene rings is 2. The number of aliphatic hydroxyl groups excluding tert-OH is 1. The van der Waals surface area contributed by atoms with E-state index >= 15 is 0 Å². The minimum absolute atomic E-state index is 0. The molecule has 98 valence electrons. The molecule has 0 atom stereocenters. The summed E-state index contributed by atoms with van der Waals surface area (Å²) in [5, 5.41) is 15.1. The van der Waals surface area contributed by atoms with Gasteiger partial charge >= 0.3 is 0 Å². The van der Waals surface area contributed by atoms with E-state index in [0.717, 1.165) is 6.54 Å². The zero-order chi connectivity index (χ0) is 12.3. The molecular weight excluding hydrogens is 246 g/mol. The summed E-state index contributed by atoms with van der Waals surface area (Å²) < 4.78 is 0. The molecule has 0 saturated carbocycles. The smallest absolute Gasteiger partial charge is 0.0607 e. The monoisotopic (exact) mass is 265 g/mol. The molecule has 2 aromatic carbocycles. The maximum atomic E-state index is 9.22. The minimum Gasteiger partial charge on any atom is -0.394 e. The first kappa shape index (κ1) is 15.0. The Labute approximate surface area is 114 Å². The van der Waals surface area contributed by atoms with Gasteiger partial charge in [-0.3, -0.25) is 0 Å². The van der Waals surface area contributed by atoms with E-state index in [2.05, 4.69) is 47.8 Å². The first-order valence-corrected chi connectivity index (χ1v) is 5.95. The van der Waals surface area contributed by atoms with Crippen LogP contribution in [0.4, 0.5) is 0 Å². The first-order chi connectivity index (χ1) is 8.12. The van der Waals surface area contributed by atoms with Gasteiger partial charge in [0.1, 0.15) is 0 Å². The topological polar surface area (TPSA) is 32.3 Å². The van der Waals surface area contributed by atoms with Gasteiger partial charge in [-0.25, -0.2) is 0 Å². The Kier molecular flexibility index (Phi) is 5.15. The highest BCUT2D eigenvalue weighted by molar-refractivity contribution is 5.85. The Hall–Kier alpha value is -1.09. The Morgan fingerprint density at radius 3 is 2.44 bits per heavy atom. The third-order valence-electron chi connectivity index (χ3n) is 3.03. The van der Waals surface area contributed by atoms with Crippen LogP contribution in [0.15, 0.2) is 42.5 Å². The van der Waals surface area contributed by atoms with E-state index in [4.69, 9.17) is 0 Å². The van der Waals surface area contributed by atoms with E-state index in [1.54, 1.807) is 0 Å². The fraction of sp³-hybridized carbons (Fsp3) is 0.333.